The molecule has 1 aliphatic rings. The van der Waals surface area contributed by atoms with Crippen LogP contribution in [-0.2, 0) is 19.1 Å². The molecule has 6 heteroatoms. The fourth-order valence-electron chi connectivity index (χ4n) is 2.41. The molecule has 0 fully saturated rings. The average molecular weight is 275 g/mol. The van der Waals surface area contributed by atoms with Gasteiger partial charge in [-0.2, -0.15) is 13.2 Å². The van der Waals surface area contributed by atoms with Crippen LogP contribution >= 0.6 is 11.6 Å². The van der Waals surface area contributed by atoms with Crippen molar-refractivity contribution in [1.29, 1.82) is 0 Å². The second-order valence-electron chi connectivity index (χ2n) is 4.38. The summed E-state index contributed by atoms with van der Waals surface area (Å²) in [5.74, 6) is 0. The Morgan fingerprint density at radius 3 is 2.72 bits per heavy atom. The van der Waals surface area contributed by atoms with Crippen molar-refractivity contribution in [3.8, 4) is 0 Å². The highest BCUT2D eigenvalue weighted by Gasteiger charge is 2.34. The van der Waals surface area contributed by atoms with Crippen molar-refractivity contribution in [1.82, 2.24) is 10.3 Å². The van der Waals surface area contributed by atoms with Crippen LogP contribution in [0.25, 0.3) is 10.9 Å². The molecule has 0 aliphatic carbocycles. The Kier molecular flexibility index (Phi) is 2.57. The number of nitrogens with one attached hydrogen (secondary N) is 2. The van der Waals surface area contributed by atoms with Crippen LogP contribution in [0.3, 0.4) is 0 Å². The first-order chi connectivity index (χ1) is 8.47. The minimum atomic E-state index is -4.41. The number of fused-ring (bicyclic) bond motifs is 3. The summed E-state index contributed by atoms with van der Waals surface area (Å²) in [5, 5.41) is 3.54. The Morgan fingerprint density at radius 1 is 1.22 bits per heavy atom. The first kappa shape index (κ1) is 11.9. The summed E-state index contributed by atoms with van der Waals surface area (Å²) < 4.78 is 38.4. The molecule has 0 atom stereocenters. The lowest BCUT2D eigenvalue weighted by atomic mass is 10.0. The van der Waals surface area contributed by atoms with Gasteiger partial charge < -0.3 is 10.3 Å². The monoisotopic (exact) mass is 274 g/mol. The molecule has 18 heavy (non-hydrogen) atoms. The molecule has 96 valence electrons. The van der Waals surface area contributed by atoms with E-state index in [-0.39, 0.29) is 5.02 Å². The minimum Gasteiger partial charge on any atom is -0.357 e. The lowest BCUT2D eigenvalue weighted by Crippen LogP contribution is -2.23. The zero-order valence-electron chi connectivity index (χ0n) is 9.29. The zero-order valence-corrected chi connectivity index (χ0v) is 10.0. The molecule has 0 unspecified atom stereocenters. The summed E-state index contributed by atoms with van der Waals surface area (Å²) in [4.78, 5) is 3.12. The van der Waals surface area contributed by atoms with Gasteiger partial charge >= 0.3 is 6.18 Å². The number of aromatic amines is 1. The van der Waals surface area contributed by atoms with Gasteiger partial charge in [0, 0.05) is 23.1 Å². The van der Waals surface area contributed by atoms with Gasteiger partial charge in [-0.1, -0.05) is 11.6 Å². The molecule has 2 nitrogen and oxygen atoms in total. The summed E-state index contributed by atoms with van der Waals surface area (Å²) in [6.07, 6.45) is -3.68. The van der Waals surface area contributed by atoms with E-state index in [4.69, 9.17) is 11.6 Å². The summed E-state index contributed by atoms with van der Waals surface area (Å²) in [7, 11) is 0. The molecule has 0 amide bonds. The topological polar surface area (TPSA) is 27.8 Å². The smallest absolute Gasteiger partial charge is 0.357 e. The molecule has 0 saturated carbocycles. The molecular formula is C12H10ClF3N2. The van der Waals surface area contributed by atoms with Crippen LogP contribution in [0.15, 0.2) is 12.1 Å². The molecule has 0 spiro atoms. The van der Waals surface area contributed by atoms with E-state index in [1.165, 1.54) is 6.07 Å². The van der Waals surface area contributed by atoms with Gasteiger partial charge in [0.15, 0.2) is 0 Å². The Hall–Kier alpha value is -1.20. The van der Waals surface area contributed by atoms with Crippen molar-refractivity contribution in [3.63, 3.8) is 0 Å². The van der Waals surface area contributed by atoms with E-state index < -0.39 is 11.7 Å². The Labute approximate surface area is 106 Å². The molecule has 0 saturated heterocycles. The van der Waals surface area contributed by atoms with Gasteiger partial charge in [-0.15, -0.1) is 0 Å². The molecule has 0 bridgehead atoms. The lowest BCUT2D eigenvalue weighted by molar-refractivity contribution is -0.137. The van der Waals surface area contributed by atoms with E-state index in [1.54, 1.807) is 0 Å². The van der Waals surface area contributed by atoms with Crippen molar-refractivity contribution in [2.24, 2.45) is 0 Å². The number of benzene rings is 1. The van der Waals surface area contributed by atoms with Gasteiger partial charge in [0.05, 0.1) is 10.6 Å². The van der Waals surface area contributed by atoms with E-state index >= 15 is 0 Å². The quantitative estimate of drug-likeness (QED) is 0.756. The van der Waals surface area contributed by atoms with Gasteiger partial charge in [-0.25, -0.2) is 0 Å². The number of hydrogen-bond acceptors (Lipinski definition) is 1. The van der Waals surface area contributed by atoms with Gasteiger partial charge in [0.1, 0.15) is 0 Å². The highest BCUT2D eigenvalue weighted by atomic mass is 35.5. The van der Waals surface area contributed by atoms with E-state index in [0.29, 0.717) is 17.4 Å². The zero-order chi connectivity index (χ0) is 12.9. The third-order valence-corrected chi connectivity index (χ3v) is 3.55. The number of halogens is 4. The standard InChI is InChI=1S/C12H10ClF3N2/c13-9-4-10-7(3-8(9)12(14,15)16)6-1-2-17-5-11(6)18-10/h3-4,17-18H,1-2,5H2. The molecule has 2 heterocycles. The molecule has 2 N–H and O–H groups in total. The first-order valence-corrected chi connectivity index (χ1v) is 5.95. The molecule has 1 aromatic heterocycles. The van der Waals surface area contributed by atoms with Crippen molar-refractivity contribution >= 4 is 22.5 Å². The number of aromatic nitrogens is 1. The van der Waals surface area contributed by atoms with Gasteiger partial charge in [0.25, 0.3) is 0 Å². The second kappa shape index (κ2) is 3.90. The fraction of sp³-hybridized carbons (Fsp3) is 0.333. The van der Waals surface area contributed by atoms with Gasteiger partial charge in [0.2, 0.25) is 0 Å². The van der Waals surface area contributed by atoms with Crippen LogP contribution < -0.4 is 5.32 Å². The average Bonchev–Trinajstić information content (AvgIpc) is 2.63. The van der Waals surface area contributed by atoms with E-state index in [1.807, 2.05) is 0 Å². The minimum absolute atomic E-state index is 0.262. The van der Waals surface area contributed by atoms with Gasteiger partial charge in [-0.3, -0.25) is 0 Å². The number of hydrogen-bond donors (Lipinski definition) is 2. The Bertz CT molecular complexity index is 616. The maximum atomic E-state index is 12.8. The molecule has 3 rings (SSSR count). The maximum Gasteiger partial charge on any atom is 0.417 e. The SMILES string of the molecule is FC(F)(F)c1cc2c3c([nH]c2cc1Cl)CNCC3. The first-order valence-electron chi connectivity index (χ1n) is 5.57. The third-order valence-electron chi connectivity index (χ3n) is 3.24. The molecule has 2 aromatic rings. The van der Waals surface area contributed by atoms with E-state index in [0.717, 1.165) is 30.3 Å². The van der Waals surface area contributed by atoms with Crippen LogP contribution in [0, 0.1) is 0 Å². The number of rotatable bonds is 0. The molecular weight excluding hydrogens is 265 g/mol. The predicted molar refractivity (Wildman–Crippen MR) is 63.7 cm³/mol. The largest absolute Gasteiger partial charge is 0.417 e. The van der Waals surface area contributed by atoms with Crippen LogP contribution in [0.5, 0.6) is 0 Å². The lowest BCUT2D eigenvalue weighted by Gasteiger charge is -2.13. The van der Waals surface area contributed by atoms with E-state index in [9.17, 15) is 13.2 Å². The normalized spacial score (nSPS) is 16.0. The van der Waals surface area contributed by atoms with Crippen molar-refractivity contribution in [2.45, 2.75) is 19.1 Å². The van der Waals surface area contributed by atoms with Crippen LogP contribution in [-0.4, -0.2) is 11.5 Å². The third kappa shape index (κ3) is 1.78. The van der Waals surface area contributed by atoms with Gasteiger partial charge in [-0.05, 0) is 30.7 Å². The highest BCUT2D eigenvalue weighted by Crippen LogP contribution is 2.38. The highest BCUT2D eigenvalue weighted by molar-refractivity contribution is 6.32. The second-order valence-corrected chi connectivity index (χ2v) is 4.79. The van der Waals surface area contributed by atoms with Crippen LogP contribution in [0.2, 0.25) is 5.02 Å². The predicted octanol–water partition coefficient (Wildman–Crippen LogP) is 3.49. The van der Waals surface area contributed by atoms with Crippen molar-refractivity contribution in [2.75, 3.05) is 6.54 Å². The summed E-state index contributed by atoms with van der Waals surface area (Å²) in [6, 6.07) is 2.51. The summed E-state index contributed by atoms with van der Waals surface area (Å²) >= 11 is 5.70. The molecule has 0 radical (unpaired) electrons. The van der Waals surface area contributed by atoms with Crippen LogP contribution in [0.1, 0.15) is 16.8 Å². The van der Waals surface area contributed by atoms with Crippen LogP contribution in [0.4, 0.5) is 13.2 Å². The molecule has 1 aliphatic heterocycles. The molecule has 1 aromatic carbocycles. The number of H-pyrrole nitrogens is 1. The Balaban J connectivity index is 2.27. The maximum absolute atomic E-state index is 12.8. The Morgan fingerprint density at radius 2 is 2.00 bits per heavy atom. The van der Waals surface area contributed by atoms with E-state index in [2.05, 4.69) is 10.3 Å². The number of alkyl halides is 3. The fourth-order valence-corrected chi connectivity index (χ4v) is 2.68. The summed E-state index contributed by atoms with van der Waals surface area (Å²) in [5.41, 5.74) is 1.82. The summed E-state index contributed by atoms with van der Waals surface area (Å²) in [6.45, 7) is 1.44. The van der Waals surface area contributed by atoms with Crippen molar-refractivity contribution in [3.05, 3.63) is 34.0 Å². The van der Waals surface area contributed by atoms with Crippen molar-refractivity contribution < 1.29 is 13.2 Å².